The third-order valence-electron chi connectivity index (χ3n) is 4.70. The van der Waals surface area contributed by atoms with Gasteiger partial charge < -0.3 is 4.90 Å². The van der Waals surface area contributed by atoms with Crippen LogP contribution >= 0.6 is 39.1 Å². The zero-order valence-electron chi connectivity index (χ0n) is 14.8. The topological polar surface area (TPSA) is 41.4 Å². The molecule has 1 aromatic heterocycles. The van der Waals surface area contributed by atoms with E-state index in [2.05, 4.69) is 25.9 Å². The van der Waals surface area contributed by atoms with E-state index < -0.39 is 5.54 Å². The Morgan fingerprint density at radius 3 is 2.46 bits per heavy atom. The maximum atomic E-state index is 13.0. The molecule has 8 heteroatoms. The third-order valence-corrected chi connectivity index (χ3v) is 5.85. The second kappa shape index (κ2) is 7.89. The number of rotatable bonds is 4. The van der Waals surface area contributed by atoms with Crippen molar-refractivity contribution in [2.75, 3.05) is 26.2 Å². The fraction of sp³-hybridized carbons (Fsp3) is 0.444. The molecular weight excluding hydrogens is 439 g/mol. The van der Waals surface area contributed by atoms with E-state index in [0.29, 0.717) is 23.1 Å². The summed E-state index contributed by atoms with van der Waals surface area (Å²) in [6.45, 7) is 7.65. The minimum absolute atomic E-state index is 0.0855. The fourth-order valence-electron chi connectivity index (χ4n) is 3.10. The van der Waals surface area contributed by atoms with Gasteiger partial charge in [-0.25, -0.2) is 0 Å². The Balaban J connectivity index is 1.59. The Morgan fingerprint density at radius 1 is 1.19 bits per heavy atom. The molecule has 1 saturated heterocycles. The van der Waals surface area contributed by atoms with Crippen LogP contribution in [0.15, 0.2) is 35.1 Å². The van der Waals surface area contributed by atoms with Gasteiger partial charge in [0.25, 0.3) is 0 Å². The molecule has 0 aliphatic carbocycles. The summed E-state index contributed by atoms with van der Waals surface area (Å²) in [5, 5.41) is 5.42. The van der Waals surface area contributed by atoms with Crippen LogP contribution in [0.1, 0.15) is 19.4 Å². The zero-order valence-corrected chi connectivity index (χ0v) is 17.9. The van der Waals surface area contributed by atoms with E-state index in [0.717, 1.165) is 29.7 Å². The Labute approximate surface area is 172 Å². The number of benzene rings is 1. The van der Waals surface area contributed by atoms with Crippen LogP contribution in [0.2, 0.25) is 10.0 Å². The van der Waals surface area contributed by atoms with Gasteiger partial charge in [0.05, 0.1) is 20.7 Å². The predicted octanol–water partition coefficient (Wildman–Crippen LogP) is 4.03. The quantitative estimate of drug-likeness (QED) is 0.692. The first kappa shape index (κ1) is 19.7. The van der Waals surface area contributed by atoms with Crippen LogP contribution in [0, 0.1) is 0 Å². The summed E-state index contributed by atoms with van der Waals surface area (Å²) in [7, 11) is 0. The lowest BCUT2D eigenvalue weighted by atomic mass is 10.0. The Kier molecular flexibility index (Phi) is 5.97. The molecule has 0 spiro atoms. The minimum atomic E-state index is -0.710. The van der Waals surface area contributed by atoms with E-state index >= 15 is 0 Å². The molecule has 5 nitrogen and oxygen atoms in total. The Hall–Kier alpha value is -1.08. The van der Waals surface area contributed by atoms with Gasteiger partial charge in [0, 0.05) is 38.9 Å². The molecule has 2 heterocycles. The number of halogens is 3. The zero-order chi connectivity index (χ0) is 18.9. The van der Waals surface area contributed by atoms with Gasteiger partial charge in [0.1, 0.15) is 5.54 Å². The van der Waals surface area contributed by atoms with Crippen LogP contribution < -0.4 is 0 Å². The molecule has 3 rings (SSSR count). The largest absolute Gasteiger partial charge is 0.338 e. The van der Waals surface area contributed by atoms with Crippen molar-refractivity contribution >= 4 is 45.0 Å². The molecule has 0 atom stereocenters. The molecule has 0 N–H and O–H groups in total. The van der Waals surface area contributed by atoms with Crippen molar-refractivity contribution in [1.82, 2.24) is 19.6 Å². The Bertz CT molecular complexity index is 800. The number of hydrogen-bond acceptors (Lipinski definition) is 3. The molecule has 140 valence electrons. The SMILES string of the molecule is CC(C)(C(=O)N1CCN(Cc2ccc(Cl)c(Cl)c2)CC1)n1cc(Br)cn1. The number of hydrogen-bond donors (Lipinski definition) is 0. The van der Waals surface area contributed by atoms with Crippen LogP contribution in [0.5, 0.6) is 0 Å². The monoisotopic (exact) mass is 458 g/mol. The first-order valence-electron chi connectivity index (χ1n) is 8.43. The summed E-state index contributed by atoms with van der Waals surface area (Å²) in [6.07, 6.45) is 3.53. The maximum absolute atomic E-state index is 13.0. The van der Waals surface area contributed by atoms with Crippen LogP contribution in [0.25, 0.3) is 0 Å². The highest BCUT2D eigenvalue weighted by atomic mass is 79.9. The standard InChI is InChI=1S/C18H21BrCl2N4O/c1-18(2,25-12-14(19)10-22-25)17(26)24-7-5-23(6-8-24)11-13-3-4-15(20)16(21)9-13/h3-4,9-10,12H,5-8,11H2,1-2H3. The van der Waals surface area contributed by atoms with Crippen molar-refractivity contribution in [3.05, 3.63) is 50.7 Å². The van der Waals surface area contributed by atoms with Crippen LogP contribution in [-0.4, -0.2) is 51.7 Å². The number of carbonyl (C=O) groups excluding carboxylic acids is 1. The third kappa shape index (κ3) is 4.25. The van der Waals surface area contributed by atoms with Crippen molar-refractivity contribution in [3.8, 4) is 0 Å². The van der Waals surface area contributed by atoms with Gasteiger partial charge in [-0.3, -0.25) is 14.4 Å². The van der Waals surface area contributed by atoms with E-state index in [9.17, 15) is 4.79 Å². The maximum Gasteiger partial charge on any atom is 0.250 e. The van der Waals surface area contributed by atoms with Crippen molar-refractivity contribution in [1.29, 1.82) is 0 Å². The van der Waals surface area contributed by atoms with E-state index in [-0.39, 0.29) is 5.91 Å². The first-order valence-corrected chi connectivity index (χ1v) is 9.98. The van der Waals surface area contributed by atoms with Crippen LogP contribution in [0.4, 0.5) is 0 Å². The van der Waals surface area contributed by atoms with Crippen molar-refractivity contribution in [2.24, 2.45) is 0 Å². The van der Waals surface area contributed by atoms with Crippen LogP contribution in [-0.2, 0) is 16.9 Å². The van der Waals surface area contributed by atoms with Gasteiger partial charge in [-0.1, -0.05) is 29.3 Å². The highest BCUT2D eigenvalue weighted by Gasteiger charge is 2.35. The summed E-state index contributed by atoms with van der Waals surface area (Å²) in [6, 6.07) is 5.72. The summed E-state index contributed by atoms with van der Waals surface area (Å²) >= 11 is 15.4. The molecule has 1 aliphatic rings. The van der Waals surface area contributed by atoms with Gasteiger partial charge in [-0.15, -0.1) is 0 Å². The van der Waals surface area contributed by atoms with Crippen molar-refractivity contribution in [3.63, 3.8) is 0 Å². The molecule has 0 saturated carbocycles. The highest BCUT2D eigenvalue weighted by Crippen LogP contribution is 2.24. The number of carbonyl (C=O) groups is 1. The summed E-state index contributed by atoms with van der Waals surface area (Å²) in [4.78, 5) is 17.2. The normalized spacial score (nSPS) is 16.1. The van der Waals surface area contributed by atoms with Crippen LogP contribution in [0.3, 0.4) is 0 Å². The molecule has 0 radical (unpaired) electrons. The second-order valence-electron chi connectivity index (χ2n) is 6.98. The van der Waals surface area contributed by atoms with Gasteiger partial charge >= 0.3 is 0 Å². The molecule has 1 fully saturated rings. The Morgan fingerprint density at radius 2 is 1.88 bits per heavy atom. The van der Waals surface area contributed by atoms with E-state index in [4.69, 9.17) is 23.2 Å². The number of amides is 1. The summed E-state index contributed by atoms with van der Waals surface area (Å²) < 4.78 is 2.58. The lowest BCUT2D eigenvalue weighted by Crippen LogP contribution is -2.54. The molecule has 1 aromatic carbocycles. The first-order chi connectivity index (χ1) is 12.3. The molecule has 1 aliphatic heterocycles. The fourth-order valence-corrected chi connectivity index (χ4v) is 3.70. The number of nitrogens with zero attached hydrogens (tertiary/aromatic N) is 4. The molecule has 0 bridgehead atoms. The summed E-state index contributed by atoms with van der Waals surface area (Å²) in [5.41, 5.74) is 0.415. The van der Waals surface area contributed by atoms with Crippen molar-refractivity contribution < 1.29 is 4.79 Å². The highest BCUT2D eigenvalue weighted by molar-refractivity contribution is 9.10. The minimum Gasteiger partial charge on any atom is -0.338 e. The number of piperazine rings is 1. The smallest absolute Gasteiger partial charge is 0.250 e. The molecule has 0 unspecified atom stereocenters. The average Bonchev–Trinajstić information content (AvgIpc) is 3.05. The van der Waals surface area contributed by atoms with E-state index in [1.54, 1.807) is 10.9 Å². The van der Waals surface area contributed by atoms with Gasteiger partial charge in [-0.2, -0.15) is 5.10 Å². The van der Waals surface area contributed by atoms with E-state index in [1.807, 2.05) is 43.1 Å². The average molecular weight is 460 g/mol. The molecule has 2 aromatic rings. The second-order valence-corrected chi connectivity index (χ2v) is 8.71. The van der Waals surface area contributed by atoms with Gasteiger partial charge in [-0.05, 0) is 47.5 Å². The predicted molar refractivity (Wildman–Crippen MR) is 108 cm³/mol. The van der Waals surface area contributed by atoms with Gasteiger partial charge in [0.15, 0.2) is 0 Å². The lowest BCUT2D eigenvalue weighted by Gasteiger charge is -2.38. The van der Waals surface area contributed by atoms with Gasteiger partial charge in [0.2, 0.25) is 5.91 Å². The molecule has 1 amide bonds. The molecular formula is C18H21BrCl2N4O. The van der Waals surface area contributed by atoms with Crippen molar-refractivity contribution in [2.45, 2.75) is 25.9 Å². The number of aromatic nitrogens is 2. The molecule has 26 heavy (non-hydrogen) atoms. The summed E-state index contributed by atoms with van der Waals surface area (Å²) in [5.74, 6) is 0.0855. The lowest BCUT2D eigenvalue weighted by molar-refractivity contribution is -0.141. The van der Waals surface area contributed by atoms with E-state index in [1.165, 1.54) is 0 Å².